The summed E-state index contributed by atoms with van der Waals surface area (Å²) in [4.78, 5) is 25.9. The molecular formula is C14H22N4O3. The second-order valence-electron chi connectivity index (χ2n) is 6.27. The molecule has 1 amide bonds. The number of nitrogens with zero attached hydrogens (tertiary/aromatic N) is 4. The molecule has 0 aromatic carbocycles. The largest absolute Gasteiger partial charge is 0.461 e. The molecule has 0 N–H and O–H groups in total. The van der Waals surface area contributed by atoms with E-state index in [4.69, 9.17) is 4.74 Å². The van der Waals surface area contributed by atoms with E-state index in [0.29, 0.717) is 18.7 Å². The minimum Gasteiger partial charge on any atom is -0.461 e. The monoisotopic (exact) mass is 294 g/mol. The Morgan fingerprint density at radius 1 is 1.43 bits per heavy atom. The average molecular weight is 294 g/mol. The van der Waals surface area contributed by atoms with Gasteiger partial charge in [-0.1, -0.05) is 26.0 Å². The first-order chi connectivity index (χ1) is 9.77. The molecule has 0 saturated carbocycles. The van der Waals surface area contributed by atoms with E-state index in [1.807, 2.05) is 20.8 Å². The van der Waals surface area contributed by atoms with Gasteiger partial charge in [-0.15, -0.1) is 5.10 Å². The Kier molecular flexibility index (Phi) is 4.02. The minimum atomic E-state index is -0.493. The van der Waals surface area contributed by atoms with Crippen molar-refractivity contribution in [3.8, 4) is 0 Å². The van der Waals surface area contributed by atoms with Crippen LogP contribution in [-0.4, -0.2) is 52.0 Å². The maximum atomic E-state index is 12.2. The van der Waals surface area contributed by atoms with Crippen molar-refractivity contribution in [2.45, 2.75) is 45.6 Å². The molecule has 1 aliphatic rings. The summed E-state index contributed by atoms with van der Waals surface area (Å²) >= 11 is 0. The SMILES string of the molecule is CCOC(=O)c1nnn(C2CCN(C)C2=O)c1C(C)(C)C. The van der Waals surface area contributed by atoms with Crippen LogP contribution >= 0.6 is 0 Å². The molecule has 7 heteroatoms. The number of hydrogen-bond acceptors (Lipinski definition) is 5. The van der Waals surface area contributed by atoms with E-state index >= 15 is 0 Å². The standard InChI is InChI=1S/C14H22N4O3/c1-6-21-13(20)10-11(14(2,3)4)18(16-15-10)9-7-8-17(5)12(9)19/h9H,6-8H2,1-5H3. The second kappa shape index (κ2) is 5.46. The summed E-state index contributed by atoms with van der Waals surface area (Å²) in [6.45, 7) is 8.60. The fourth-order valence-electron chi connectivity index (χ4n) is 2.58. The normalized spacial score (nSPS) is 19.2. The number of hydrogen-bond donors (Lipinski definition) is 0. The molecule has 2 heterocycles. The van der Waals surface area contributed by atoms with Crippen molar-refractivity contribution in [3.05, 3.63) is 11.4 Å². The van der Waals surface area contributed by atoms with Gasteiger partial charge in [0.15, 0.2) is 5.69 Å². The van der Waals surface area contributed by atoms with Gasteiger partial charge in [-0.3, -0.25) is 4.79 Å². The quantitative estimate of drug-likeness (QED) is 0.782. The van der Waals surface area contributed by atoms with Crippen LogP contribution in [0, 0.1) is 0 Å². The highest BCUT2D eigenvalue weighted by molar-refractivity contribution is 5.89. The van der Waals surface area contributed by atoms with Gasteiger partial charge in [-0.2, -0.15) is 0 Å². The lowest BCUT2D eigenvalue weighted by atomic mass is 9.90. The summed E-state index contributed by atoms with van der Waals surface area (Å²) in [5.41, 5.74) is 0.480. The topological polar surface area (TPSA) is 77.3 Å². The van der Waals surface area contributed by atoms with Crippen molar-refractivity contribution in [3.63, 3.8) is 0 Å². The first-order valence-electron chi connectivity index (χ1n) is 7.15. The molecule has 0 spiro atoms. The summed E-state index contributed by atoms with van der Waals surface area (Å²) in [6.07, 6.45) is 0.671. The third kappa shape index (κ3) is 2.77. The molecular weight excluding hydrogens is 272 g/mol. The van der Waals surface area contributed by atoms with Crippen LogP contribution in [0.15, 0.2) is 0 Å². The molecule has 1 unspecified atom stereocenters. The zero-order chi connectivity index (χ0) is 15.8. The third-order valence-electron chi connectivity index (χ3n) is 3.57. The van der Waals surface area contributed by atoms with Crippen LogP contribution in [0.4, 0.5) is 0 Å². The van der Waals surface area contributed by atoms with Crippen LogP contribution in [0.2, 0.25) is 0 Å². The maximum Gasteiger partial charge on any atom is 0.360 e. The predicted molar refractivity (Wildman–Crippen MR) is 76.0 cm³/mol. The Bertz CT molecular complexity index is 559. The highest BCUT2D eigenvalue weighted by atomic mass is 16.5. The van der Waals surface area contributed by atoms with Gasteiger partial charge >= 0.3 is 5.97 Å². The van der Waals surface area contributed by atoms with E-state index in [9.17, 15) is 9.59 Å². The Labute approximate surface area is 124 Å². The van der Waals surface area contributed by atoms with Crippen molar-refractivity contribution in [1.29, 1.82) is 0 Å². The molecule has 1 atom stereocenters. The zero-order valence-electron chi connectivity index (χ0n) is 13.2. The Morgan fingerprint density at radius 3 is 2.57 bits per heavy atom. The number of amides is 1. The highest BCUT2D eigenvalue weighted by Gasteiger charge is 2.38. The van der Waals surface area contributed by atoms with Crippen LogP contribution in [0.1, 0.15) is 56.3 Å². The Balaban J connectivity index is 2.48. The fourth-order valence-corrected chi connectivity index (χ4v) is 2.58. The summed E-state index contributed by atoms with van der Waals surface area (Å²) in [6, 6.07) is -0.389. The molecule has 7 nitrogen and oxygen atoms in total. The lowest BCUT2D eigenvalue weighted by Crippen LogP contribution is -2.29. The van der Waals surface area contributed by atoms with Crippen molar-refractivity contribution in [2.24, 2.45) is 0 Å². The van der Waals surface area contributed by atoms with Gasteiger partial charge in [-0.25, -0.2) is 9.48 Å². The van der Waals surface area contributed by atoms with Gasteiger partial charge in [-0.05, 0) is 13.3 Å². The van der Waals surface area contributed by atoms with E-state index in [1.165, 1.54) is 0 Å². The number of rotatable bonds is 3. The number of aromatic nitrogens is 3. The van der Waals surface area contributed by atoms with Crippen LogP contribution in [-0.2, 0) is 14.9 Å². The molecule has 21 heavy (non-hydrogen) atoms. The summed E-state index contributed by atoms with van der Waals surface area (Å²) in [5, 5.41) is 8.04. The number of likely N-dealkylation sites (tertiary alicyclic amines) is 1. The van der Waals surface area contributed by atoms with Crippen molar-refractivity contribution >= 4 is 11.9 Å². The number of carbonyl (C=O) groups is 2. The molecule has 0 aliphatic carbocycles. The average Bonchev–Trinajstić information content (AvgIpc) is 2.95. The molecule has 1 aromatic rings. The van der Waals surface area contributed by atoms with E-state index in [2.05, 4.69) is 10.3 Å². The van der Waals surface area contributed by atoms with Gasteiger partial charge in [0.05, 0.1) is 12.3 Å². The van der Waals surface area contributed by atoms with E-state index in [-0.39, 0.29) is 29.7 Å². The van der Waals surface area contributed by atoms with Gasteiger partial charge in [0.2, 0.25) is 5.91 Å². The zero-order valence-corrected chi connectivity index (χ0v) is 13.2. The number of ether oxygens (including phenoxy) is 1. The third-order valence-corrected chi connectivity index (χ3v) is 3.57. The van der Waals surface area contributed by atoms with Crippen molar-refractivity contribution in [2.75, 3.05) is 20.2 Å². The highest BCUT2D eigenvalue weighted by Crippen LogP contribution is 2.31. The molecule has 0 radical (unpaired) electrons. The van der Waals surface area contributed by atoms with Gasteiger partial charge in [0.1, 0.15) is 6.04 Å². The van der Waals surface area contributed by atoms with E-state index in [1.54, 1.807) is 23.6 Å². The lowest BCUT2D eigenvalue weighted by Gasteiger charge is -2.23. The molecule has 0 bridgehead atoms. The summed E-state index contributed by atoms with van der Waals surface area (Å²) in [5.74, 6) is -0.492. The number of esters is 1. The van der Waals surface area contributed by atoms with Gasteiger partial charge < -0.3 is 9.64 Å². The lowest BCUT2D eigenvalue weighted by molar-refractivity contribution is -0.129. The molecule has 1 aliphatic heterocycles. The Morgan fingerprint density at radius 2 is 2.10 bits per heavy atom. The first kappa shape index (κ1) is 15.5. The Hall–Kier alpha value is -1.92. The second-order valence-corrected chi connectivity index (χ2v) is 6.27. The molecule has 1 saturated heterocycles. The fraction of sp³-hybridized carbons (Fsp3) is 0.714. The smallest absolute Gasteiger partial charge is 0.360 e. The minimum absolute atomic E-state index is 0.000749. The molecule has 2 rings (SSSR count). The van der Waals surface area contributed by atoms with Crippen LogP contribution in [0.5, 0.6) is 0 Å². The molecule has 1 aromatic heterocycles. The van der Waals surface area contributed by atoms with Gasteiger partial charge in [0, 0.05) is 19.0 Å². The molecule has 1 fully saturated rings. The number of carbonyl (C=O) groups excluding carboxylic acids is 2. The van der Waals surface area contributed by atoms with Crippen molar-refractivity contribution in [1.82, 2.24) is 19.9 Å². The number of likely N-dealkylation sites (N-methyl/N-ethyl adjacent to an activating group) is 1. The summed E-state index contributed by atoms with van der Waals surface area (Å²) < 4.78 is 6.63. The van der Waals surface area contributed by atoms with Crippen LogP contribution < -0.4 is 0 Å². The maximum absolute atomic E-state index is 12.2. The predicted octanol–water partition coefficient (Wildman–Crippen LogP) is 1.16. The first-order valence-corrected chi connectivity index (χ1v) is 7.15. The van der Waals surface area contributed by atoms with Crippen LogP contribution in [0.3, 0.4) is 0 Å². The van der Waals surface area contributed by atoms with E-state index < -0.39 is 5.97 Å². The van der Waals surface area contributed by atoms with E-state index in [0.717, 1.165) is 0 Å². The summed E-state index contributed by atoms with van der Waals surface area (Å²) in [7, 11) is 1.77. The van der Waals surface area contributed by atoms with Crippen LogP contribution in [0.25, 0.3) is 0 Å². The van der Waals surface area contributed by atoms with Gasteiger partial charge in [0.25, 0.3) is 0 Å². The molecule has 116 valence electrons. The van der Waals surface area contributed by atoms with Crippen molar-refractivity contribution < 1.29 is 14.3 Å².